The molecule has 0 aromatic heterocycles. The smallest absolute Gasteiger partial charge is 0.371 e. The summed E-state index contributed by atoms with van der Waals surface area (Å²) in [5.74, 6) is 0. The average molecular weight is 355 g/mol. The van der Waals surface area contributed by atoms with Gasteiger partial charge in [-0.1, -0.05) is 6.07 Å². The molecule has 2 aliphatic heterocycles. The predicted octanol–water partition coefficient (Wildman–Crippen LogP) is 3.88. The standard InChI is InChI=1S/C19H28F3N3/c1-14-11-17(7-8-23-14)24(2)13-15-5-6-16(19(20,21)22)12-18(15)25-9-3-4-10-25/h5-6,12,14,17,23H,3-4,7-11,13H2,1-2H3. The lowest BCUT2D eigenvalue weighted by Gasteiger charge is -2.35. The van der Waals surface area contributed by atoms with Gasteiger partial charge in [0.25, 0.3) is 0 Å². The molecule has 140 valence electrons. The number of halogens is 3. The van der Waals surface area contributed by atoms with Crippen LogP contribution in [-0.2, 0) is 12.7 Å². The zero-order valence-electron chi connectivity index (χ0n) is 15.1. The van der Waals surface area contributed by atoms with Gasteiger partial charge in [-0.05, 0) is 63.9 Å². The summed E-state index contributed by atoms with van der Waals surface area (Å²) in [4.78, 5) is 4.42. The lowest BCUT2D eigenvalue weighted by Crippen LogP contribution is -2.45. The molecule has 2 atom stereocenters. The second-order valence-corrected chi connectivity index (χ2v) is 7.48. The van der Waals surface area contributed by atoms with E-state index in [0.717, 1.165) is 56.6 Å². The third-order valence-corrected chi connectivity index (χ3v) is 5.50. The molecule has 3 rings (SSSR count). The van der Waals surface area contributed by atoms with Crippen molar-refractivity contribution in [3.05, 3.63) is 29.3 Å². The van der Waals surface area contributed by atoms with Crippen molar-refractivity contribution in [1.29, 1.82) is 0 Å². The topological polar surface area (TPSA) is 18.5 Å². The van der Waals surface area contributed by atoms with Crippen LogP contribution in [0.2, 0.25) is 0 Å². The monoisotopic (exact) mass is 355 g/mol. The minimum absolute atomic E-state index is 0.477. The van der Waals surface area contributed by atoms with Crippen molar-refractivity contribution < 1.29 is 13.2 Å². The lowest BCUT2D eigenvalue weighted by atomic mass is 9.98. The number of nitrogens with one attached hydrogen (secondary N) is 1. The zero-order valence-corrected chi connectivity index (χ0v) is 15.1. The van der Waals surface area contributed by atoms with Crippen molar-refractivity contribution >= 4 is 5.69 Å². The molecule has 25 heavy (non-hydrogen) atoms. The first-order chi connectivity index (χ1) is 11.8. The number of benzene rings is 1. The van der Waals surface area contributed by atoms with Crippen LogP contribution in [0.4, 0.5) is 18.9 Å². The molecule has 1 aromatic rings. The fraction of sp³-hybridized carbons (Fsp3) is 0.684. The summed E-state index contributed by atoms with van der Waals surface area (Å²) in [5, 5.41) is 3.45. The second kappa shape index (κ2) is 7.54. The minimum atomic E-state index is -4.29. The van der Waals surface area contributed by atoms with E-state index in [1.54, 1.807) is 6.07 Å². The van der Waals surface area contributed by atoms with Crippen LogP contribution in [0.5, 0.6) is 0 Å². The number of alkyl halides is 3. The van der Waals surface area contributed by atoms with Gasteiger partial charge in [0, 0.05) is 37.4 Å². The maximum absolute atomic E-state index is 13.1. The van der Waals surface area contributed by atoms with Crippen LogP contribution in [0.15, 0.2) is 18.2 Å². The van der Waals surface area contributed by atoms with Gasteiger partial charge in [-0.25, -0.2) is 0 Å². The number of piperidine rings is 1. The molecule has 2 fully saturated rings. The van der Waals surface area contributed by atoms with Crippen molar-refractivity contribution in [1.82, 2.24) is 10.2 Å². The fourth-order valence-corrected chi connectivity index (χ4v) is 4.03. The highest BCUT2D eigenvalue weighted by Gasteiger charge is 2.32. The predicted molar refractivity (Wildman–Crippen MR) is 94.8 cm³/mol. The van der Waals surface area contributed by atoms with Crippen molar-refractivity contribution in [3.63, 3.8) is 0 Å². The van der Waals surface area contributed by atoms with Crippen LogP contribution in [0.3, 0.4) is 0 Å². The Morgan fingerprint density at radius 2 is 1.96 bits per heavy atom. The van der Waals surface area contributed by atoms with Gasteiger partial charge in [0.15, 0.2) is 0 Å². The van der Waals surface area contributed by atoms with Gasteiger partial charge in [0.1, 0.15) is 0 Å². The van der Waals surface area contributed by atoms with E-state index in [4.69, 9.17) is 0 Å². The van der Waals surface area contributed by atoms with Crippen molar-refractivity contribution in [3.8, 4) is 0 Å². The summed E-state index contributed by atoms with van der Waals surface area (Å²) in [5.41, 5.74) is 1.22. The summed E-state index contributed by atoms with van der Waals surface area (Å²) in [6.07, 6.45) is -0.0191. The quantitative estimate of drug-likeness (QED) is 0.884. The molecular weight excluding hydrogens is 327 g/mol. The molecule has 6 heteroatoms. The van der Waals surface area contributed by atoms with E-state index in [2.05, 4.69) is 29.1 Å². The van der Waals surface area contributed by atoms with Crippen LogP contribution in [-0.4, -0.2) is 43.7 Å². The first-order valence-corrected chi connectivity index (χ1v) is 9.23. The molecular formula is C19H28F3N3. The lowest BCUT2D eigenvalue weighted by molar-refractivity contribution is -0.137. The minimum Gasteiger partial charge on any atom is -0.371 e. The Morgan fingerprint density at radius 3 is 2.60 bits per heavy atom. The van der Waals surface area contributed by atoms with Crippen LogP contribution in [0.25, 0.3) is 0 Å². The van der Waals surface area contributed by atoms with Gasteiger partial charge in [-0.2, -0.15) is 13.2 Å². The maximum atomic E-state index is 13.1. The highest BCUT2D eigenvalue weighted by molar-refractivity contribution is 5.56. The first-order valence-electron chi connectivity index (χ1n) is 9.23. The average Bonchev–Trinajstić information content (AvgIpc) is 3.08. The van der Waals surface area contributed by atoms with E-state index in [-0.39, 0.29) is 0 Å². The first kappa shape index (κ1) is 18.5. The van der Waals surface area contributed by atoms with Gasteiger partial charge in [-0.15, -0.1) is 0 Å². The Balaban J connectivity index is 1.81. The Bertz CT molecular complexity index is 582. The molecule has 2 unspecified atom stereocenters. The van der Waals surface area contributed by atoms with Gasteiger partial charge in [0.2, 0.25) is 0 Å². The highest BCUT2D eigenvalue weighted by atomic mass is 19.4. The molecule has 0 amide bonds. The Hall–Kier alpha value is -1.27. The van der Waals surface area contributed by atoms with E-state index < -0.39 is 11.7 Å². The van der Waals surface area contributed by atoms with Crippen LogP contribution in [0, 0.1) is 0 Å². The number of hydrogen-bond acceptors (Lipinski definition) is 3. The summed E-state index contributed by atoms with van der Waals surface area (Å²) in [6, 6.07) is 5.22. The van der Waals surface area contributed by atoms with E-state index in [9.17, 15) is 13.2 Å². The molecule has 1 aromatic carbocycles. The second-order valence-electron chi connectivity index (χ2n) is 7.48. The zero-order chi connectivity index (χ0) is 18.0. The van der Waals surface area contributed by atoms with Crippen LogP contribution in [0.1, 0.15) is 43.7 Å². The third-order valence-electron chi connectivity index (χ3n) is 5.50. The highest BCUT2D eigenvalue weighted by Crippen LogP contribution is 2.35. The summed E-state index contributed by atoms with van der Waals surface area (Å²) < 4.78 is 39.4. The van der Waals surface area contributed by atoms with Gasteiger partial charge in [-0.3, -0.25) is 4.90 Å². The SMILES string of the molecule is CC1CC(N(C)Cc2ccc(C(F)(F)F)cc2N2CCCC2)CCN1. The van der Waals surface area contributed by atoms with Gasteiger partial charge >= 0.3 is 6.18 Å². The number of anilines is 1. The number of rotatable bonds is 4. The van der Waals surface area contributed by atoms with E-state index in [1.165, 1.54) is 12.1 Å². The largest absolute Gasteiger partial charge is 0.416 e. The van der Waals surface area contributed by atoms with E-state index >= 15 is 0 Å². The normalized spacial score (nSPS) is 25.0. The van der Waals surface area contributed by atoms with Crippen molar-refractivity contribution in [2.45, 2.75) is 57.4 Å². The molecule has 2 aliphatic rings. The molecule has 0 radical (unpaired) electrons. The fourth-order valence-electron chi connectivity index (χ4n) is 4.03. The molecule has 2 heterocycles. The Labute approximate surface area is 148 Å². The Kier molecular flexibility index (Phi) is 5.58. The maximum Gasteiger partial charge on any atom is 0.416 e. The van der Waals surface area contributed by atoms with Crippen molar-refractivity contribution in [2.24, 2.45) is 0 Å². The third kappa shape index (κ3) is 4.47. The van der Waals surface area contributed by atoms with Gasteiger partial charge < -0.3 is 10.2 Å². The number of nitrogens with zero attached hydrogens (tertiary/aromatic N) is 2. The van der Waals surface area contributed by atoms with Crippen LogP contribution < -0.4 is 10.2 Å². The Morgan fingerprint density at radius 1 is 1.24 bits per heavy atom. The molecule has 0 spiro atoms. The molecule has 0 saturated carbocycles. The molecule has 2 saturated heterocycles. The summed E-state index contributed by atoms with van der Waals surface area (Å²) >= 11 is 0. The van der Waals surface area contributed by atoms with Crippen molar-refractivity contribution in [2.75, 3.05) is 31.6 Å². The van der Waals surface area contributed by atoms with Crippen LogP contribution >= 0.6 is 0 Å². The number of hydrogen-bond donors (Lipinski definition) is 1. The molecule has 0 aliphatic carbocycles. The van der Waals surface area contributed by atoms with Gasteiger partial charge in [0.05, 0.1) is 5.56 Å². The molecule has 3 nitrogen and oxygen atoms in total. The summed E-state index contributed by atoms with van der Waals surface area (Å²) in [7, 11) is 2.09. The molecule has 0 bridgehead atoms. The van der Waals surface area contributed by atoms with E-state index in [1.807, 2.05) is 0 Å². The summed E-state index contributed by atoms with van der Waals surface area (Å²) in [6.45, 7) is 5.59. The molecule has 1 N–H and O–H groups in total. The van der Waals surface area contributed by atoms with E-state index in [0.29, 0.717) is 18.6 Å².